The molecule has 0 radical (unpaired) electrons. The predicted octanol–water partition coefficient (Wildman–Crippen LogP) is 4.45. The smallest absolute Gasteiger partial charge is 0.333 e. The maximum absolute atomic E-state index is 11.5. The average molecular weight is 332 g/mol. The Hall–Kier alpha value is -2.36. The lowest BCUT2D eigenvalue weighted by atomic mass is 10.1. The molecule has 0 spiro atoms. The van der Waals surface area contributed by atoms with E-state index in [1.807, 2.05) is 38.2 Å². The molecule has 0 amide bonds. The van der Waals surface area contributed by atoms with Crippen molar-refractivity contribution < 1.29 is 19.1 Å². The lowest BCUT2D eigenvalue weighted by Gasteiger charge is -2.01. The molecule has 4 nitrogen and oxygen atoms in total. The van der Waals surface area contributed by atoms with E-state index < -0.39 is 0 Å². The Morgan fingerprint density at radius 3 is 1.33 bits per heavy atom. The highest BCUT2D eigenvalue weighted by Gasteiger charge is 2.04. The van der Waals surface area contributed by atoms with Crippen molar-refractivity contribution in [1.82, 2.24) is 0 Å². The molecule has 0 aliphatic rings. The zero-order chi connectivity index (χ0) is 18.5. The van der Waals surface area contributed by atoms with Crippen LogP contribution in [0.25, 0.3) is 0 Å². The van der Waals surface area contributed by atoms with Gasteiger partial charge < -0.3 is 9.47 Å². The molecule has 0 saturated heterocycles. The van der Waals surface area contributed by atoms with E-state index in [1.165, 1.54) is 0 Å². The van der Waals surface area contributed by atoms with Crippen molar-refractivity contribution in [3.8, 4) is 0 Å². The van der Waals surface area contributed by atoms with E-state index in [-0.39, 0.29) is 11.9 Å². The third-order valence-corrected chi connectivity index (χ3v) is 2.91. The molecule has 0 N–H and O–H groups in total. The molecule has 0 aliphatic carbocycles. The summed E-state index contributed by atoms with van der Waals surface area (Å²) >= 11 is 0. The van der Waals surface area contributed by atoms with Crippen molar-refractivity contribution in [3.63, 3.8) is 0 Å². The maximum Gasteiger partial charge on any atom is 0.333 e. The molecule has 4 heteroatoms. The molecular weight excluding hydrogens is 304 g/mol. The van der Waals surface area contributed by atoms with Crippen molar-refractivity contribution in [2.24, 2.45) is 0 Å². The van der Waals surface area contributed by atoms with Crippen molar-refractivity contribution in [3.05, 3.63) is 58.7 Å². The molecule has 0 rings (SSSR count). The first-order chi connectivity index (χ1) is 11.3. The van der Waals surface area contributed by atoms with Crippen molar-refractivity contribution in [2.75, 3.05) is 13.2 Å². The Morgan fingerprint density at radius 1 is 0.708 bits per heavy atom. The molecule has 0 unspecified atom stereocenters. The quantitative estimate of drug-likeness (QED) is 0.374. The Bertz CT molecular complexity index is 535. The zero-order valence-corrected chi connectivity index (χ0v) is 15.5. The molecule has 24 heavy (non-hydrogen) atoms. The van der Waals surface area contributed by atoms with Crippen LogP contribution in [0.4, 0.5) is 0 Å². The van der Waals surface area contributed by atoms with Crippen LogP contribution in [0.1, 0.15) is 41.5 Å². The number of rotatable bonds is 8. The highest BCUT2D eigenvalue weighted by Crippen LogP contribution is 2.06. The standard InChI is InChI=1S/C20H28O4/c1-7-23-19(21)17(5)13-15(3)11-9-10-12-16(4)14-18(6)20(22)24-8-2/h9-14H,7-8H2,1-6H3/b10-9+,15-11+,16-12+,17-13+,18-14+. The Kier molecular flexibility index (Phi) is 10.9. The van der Waals surface area contributed by atoms with Gasteiger partial charge in [0.15, 0.2) is 0 Å². The minimum atomic E-state index is -0.301. The number of hydrogen-bond acceptors (Lipinski definition) is 4. The topological polar surface area (TPSA) is 52.6 Å². The van der Waals surface area contributed by atoms with E-state index in [1.54, 1.807) is 39.8 Å². The zero-order valence-electron chi connectivity index (χ0n) is 15.5. The first-order valence-electron chi connectivity index (χ1n) is 8.04. The number of hydrogen-bond donors (Lipinski definition) is 0. The molecule has 0 aromatic rings. The number of ether oxygens (including phenoxy) is 2. The molecule has 0 saturated carbocycles. The van der Waals surface area contributed by atoms with E-state index in [4.69, 9.17) is 9.47 Å². The molecule has 0 atom stereocenters. The van der Waals surface area contributed by atoms with Crippen LogP contribution in [0.2, 0.25) is 0 Å². The Morgan fingerprint density at radius 2 is 1.04 bits per heavy atom. The van der Waals surface area contributed by atoms with E-state index >= 15 is 0 Å². The molecule has 0 fully saturated rings. The second-order valence-corrected chi connectivity index (χ2v) is 5.30. The molecule has 0 heterocycles. The number of carbonyl (C=O) groups excluding carboxylic acids is 2. The van der Waals surface area contributed by atoms with E-state index in [0.717, 1.165) is 11.1 Å². The van der Waals surface area contributed by atoms with Gasteiger partial charge in [-0.1, -0.05) is 35.5 Å². The molecule has 132 valence electrons. The van der Waals surface area contributed by atoms with Crippen molar-refractivity contribution >= 4 is 11.9 Å². The molecule has 0 bridgehead atoms. The van der Waals surface area contributed by atoms with Gasteiger partial charge in [0.2, 0.25) is 0 Å². The van der Waals surface area contributed by atoms with Crippen LogP contribution in [0.5, 0.6) is 0 Å². The van der Waals surface area contributed by atoms with Gasteiger partial charge in [0.1, 0.15) is 0 Å². The van der Waals surface area contributed by atoms with Gasteiger partial charge >= 0.3 is 11.9 Å². The van der Waals surface area contributed by atoms with E-state index in [2.05, 4.69) is 0 Å². The van der Waals surface area contributed by atoms with Crippen molar-refractivity contribution in [2.45, 2.75) is 41.5 Å². The van der Waals surface area contributed by atoms with Crippen LogP contribution >= 0.6 is 0 Å². The number of carbonyl (C=O) groups is 2. The van der Waals surface area contributed by atoms with Crippen LogP contribution in [0.3, 0.4) is 0 Å². The summed E-state index contributed by atoms with van der Waals surface area (Å²) in [7, 11) is 0. The molecule has 0 aromatic carbocycles. The summed E-state index contributed by atoms with van der Waals surface area (Å²) in [6, 6.07) is 0. The number of esters is 2. The van der Waals surface area contributed by atoms with Gasteiger partial charge in [-0.15, -0.1) is 0 Å². The maximum atomic E-state index is 11.5. The van der Waals surface area contributed by atoms with Crippen molar-refractivity contribution in [1.29, 1.82) is 0 Å². The molecular formula is C20H28O4. The van der Waals surface area contributed by atoms with Gasteiger partial charge in [-0.2, -0.15) is 0 Å². The van der Waals surface area contributed by atoms with Gasteiger partial charge in [-0.3, -0.25) is 0 Å². The van der Waals surface area contributed by atoms with E-state index in [9.17, 15) is 9.59 Å². The SMILES string of the molecule is CCOC(=O)/C(C)=C/C(C)=C/C=C/C=C(C)/C=C(\C)C(=O)OCC. The Balaban J connectivity index is 4.79. The Labute approximate surface area is 145 Å². The van der Waals surface area contributed by atoms with Crippen LogP contribution in [-0.2, 0) is 19.1 Å². The summed E-state index contributed by atoms with van der Waals surface area (Å²) in [6.45, 7) is 11.6. The highest BCUT2D eigenvalue weighted by molar-refractivity contribution is 5.88. The van der Waals surface area contributed by atoms with Gasteiger partial charge in [-0.05, 0) is 53.7 Å². The molecule has 0 aliphatic heterocycles. The fourth-order valence-corrected chi connectivity index (χ4v) is 1.80. The monoisotopic (exact) mass is 332 g/mol. The molecule has 0 aromatic heterocycles. The van der Waals surface area contributed by atoms with Gasteiger partial charge in [0.25, 0.3) is 0 Å². The first-order valence-corrected chi connectivity index (χ1v) is 8.04. The minimum Gasteiger partial charge on any atom is -0.463 e. The minimum absolute atomic E-state index is 0.301. The van der Waals surface area contributed by atoms with Crippen LogP contribution in [-0.4, -0.2) is 25.2 Å². The number of allylic oxidation sites excluding steroid dienone is 8. The summed E-state index contributed by atoms with van der Waals surface area (Å²) in [5.74, 6) is -0.603. The average Bonchev–Trinajstić information content (AvgIpc) is 2.51. The predicted molar refractivity (Wildman–Crippen MR) is 97.4 cm³/mol. The first kappa shape index (κ1) is 21.6. The lowest BCUT2D eigenvalue weighted by Crippen LogP contribution is -2.05. The highest BCUT2D eigenvalue weighted by atomic mass is 16.5. The van der Waals surface area contributed by atoms with Gasteiger partial charge in [0.05, 0.1) is 13.2 Å². The normalized spacial score (nSPS) is 14.1. The fraction of sp³-hybridized carbons (Fsp3) is 0.400. The second kappa shape index (κ2) is 12.1. The third kappa shape index (κ3) is 9.62. The van der Waals surface area contributed by atoms with Gasteiger partial charge in [-0.25, -0.2) is 9.59 Å². The third-order valence-electron chi connectivity index (χ3n) is 2.91. The summed E-state index contributed by atoms with van der Waals surface area (Å²) in [5.41, 5.74) is 3.03. The summed E-state index contributed by atoms with van der Waals surface area (Å²) in [5, 5.41) is 0. The summed E-state index contributed by atoms with van der Waals surface area (Å²) < 4.78 is 9.86. The second-order valence-electron chi connectivity index (χ2n) is 5.30. The van der Waals surface area contributed by atoms with Gasteiger partial charge in [0, 0.05) is 11.1 Å². The van der Waals surface area contributed by atoms with E-state index in [0.29, 0.717) is 24.4 Å². The summed E-state index contributed by atoms with van der Waals surface area (Å²) in [4.78, 5) is 23.0. The van der Waals surface area contributed by atoms with Crippen LogP contribution < -0.4 is 0 Å². The van der Waals surface area contributed by atoms with Crippen LogP contribution in [0, 0.1) is 0 Å². The summed E-state index contributed by atoms with van der Waals surface area (Å²) in [6.07, 6.45) is 11.1. The van der Waals surface area contributed by atoms with Crippen LogP contribution in [0.15, 0.2) is 58.7 Å². The fourth-order valence-electron chi connectivity index (χ4n) is 1.80. The lowest BCUT2D eigenvalue weighted by molar-refractivity contribution is -0.139. The largest absolute Gasteiger partial charge is 0.463 e.